The number of esters is 1. The predicted molar refractivity (Wildman–Crippen MR) is 77.0 cm³/mol. The summed E-state index contributed by atoms with van der Waals surface area (Å²) in [7, 11) is 1.24. The van der Waals surface area contributed by atoms with Gasteiger partial charge < -0.3 is 19.9 Å². The molecule has 0 radical (unpaired) electrons. The standard InChI is InChI=1S/C15H21NO5/c1-15(2,3)21-14(19)16-12(13(18)20-4)9-10-6-5-7-11(17)8-10/h5-8,12,17H,9H2,1-4H3,(H,16,19). The van der Waals surface area contributed by atoms with E-state index < -0.39 is 23.7 Å². The Balaban J connectivity index is 2.77. The molecule has 6 nitrogen and oxygen atoms in total. The second-order valence-electron chi connectivity index (χ2n) is 5.60. The van der Waals surface area contributed by atoms with Crippen molar-refractivity contribution in [3.8, 4) is 5.75 Å². The van der Waals surface area contributed by atoms with Crippen LogP contribution in [0, 0.1) is 0 Å². The minimum Gasteiger partial charge on any atom is -0.508 e. The number of carbonyl (C=O) groups excluding carboxylic acids is 2. The van der Waals surface area contributed by atoms with Crippen LogP contribution in [0.5, 0.6) is 5.75 Å². The molecule has 116 valence electrons. The van der Waals surface area contributed by atoms with Gasteiger partial charge in [0.1, 0.15) is 17.4 Å². The van der Waals surface area contributed by atoms with Gasteiger partial charge in [-0.1, -0.05) is 12.1 Å². The van der Waals surface area contributed by atoms with E-state index in [2.05, 4.69) is 10.1 Å². The summed E-state index contributed by atoms with van der Waals surface area (Å²) in [6, 6.07) is 5.57. The molecule has 2 N–H and O–H groups in total. The summed E-state index contributed by atoms with van der Waals surface area (Å²) in [5.41, 5.74) is 0.0388. The van der Waals surface area contributed by atoms with E-state index >= 15 is 0 Å². The SMILES string of the molecule is COC(=O)C(Cc1cccc(O)c1)NC(=O)OC(C)(C)C. The highest BCUT2D eigenvalue weighted by Crippen LogP contribution is 2.14. The number of alkyl carbamates (subject to hydrolysis) is 1. The van der Waals surface area contributed by atoms with Crippen LogP contribution in [0.3, 0.4) is 0 Å². The summed E-state index contributed by atoms with van der Waals surface area (Å²) in [5, 5.41) is 11.9. The van der Waals surface area contributed by atoms with Crippen LogP contribution >= 0.6 is 0 Å². The number of phenols is 1. The summed E-state index contributed by atoms with van der Waals surface area (Å²) in [5.74, 6) is -0.488. The maximum atomic E-state index is 11.8. The Bertz CT molecular complexity index is 507. The molecule has 1 aromatic carbocycles. The van der Waals surface area contributed by atoms with Crippen molar-refractivity contribution in [2.45, 2.75) is 38.8 Å². The molecule has 0 aliphatic carbocycles. The van der Waals surface area contributed by atoms with Gasteiger partial charge in [-0.25, -0.2) is 9.59 Å². The van der Waals surface area contributed by atoms with Crippen LogP contribution in [0.2, 0.25) is 0 Å². The summed E-state index contributed by atoms with van der Waals surface area (Å²) in [4.78, 5) is 23.5. The van der Waals surface area contributed by atoms with Gasteiger partial charge in [-0.2, -0.15) is 0 Å². The van der Waals surface area contributed by atoms with Gasteiger partial charge in [0.25, 0.3) is 0 Å². The predicted octanol–water partition coefficient (Wildman–Crippen LogP) is 2.00. The molecule has 0 heterocycles. The fourth-order valence-corrected chi connectivity index (χ4v) is 1.70. The molecule has 0 spiro atoms. The number of ether oxygens (including phenoxy) is 2. The second-order valence-corrected chi connectivity index (χ2v) is 5.60. The number of methoxy groups -OCH3 is 1. The smallest absolute Gasteiger partial charge is 0.408 e. The van der Waals surface area contributed by atoms with Gasteiger partial charge in [-0.15, -0.1) is 0 Å². The molecule has 1 aromatic rings. The topological polar surface area (TPSA) is 84.9 Å². The molecule has 0 aliphatic rings. The molecule has 0 saturated carbocycles. The highest BCUT2D eigenvalue weighted by atomic mass is 16.6. The van der Waals surface area contributed by atoms with Crippen molar-refractivity contribution >= 4 is 12.1 Å². The highest BCUT2D eigenvalue weighted by Gasteiger charge is 2.25. The minimum absolute atomic E-state index is 0.0911. The molecule has 0 fully saturated rings. The summed E-state index contributed by atoms with van der Waals surface area (Å²) in [6.07, 6.45) is -0.501. The normalized spacial score (nSPS) is 12.4. The van der Waals surface area contributed by atoms with Gasteiger partial charge in [0.05, 0.1) is 7.11 Å². The lowest BCUT2D eigenvalue weighted by molar-refractivity contribution is -0.143. The number of nitrogens with one attached hydrogen (secondary N) is 1. The number of amides is 1. The Morgan fingerprint density at radius 1 is 1.33 bits per heavy atom. The van der Waals surface area contributed by atoms with E-state index in [9.17, 15) is 14.7 Å². The number of rotatable bonds is 4. The van der Waals surface area contributed by atoms with Crippen molar-refractivity contribution in [1.82, 2.24) is 5.32 Å². The zero-order valence-corrected chi connectivity index (χ0v) is 12.7. The first kappa shape index (κ1) is 16.8. The van der Waals surface area contributed by atoms with E-state index in [1.54, 1.807) is 32.9 Å². The van der Waals surface area contributed by atoms with Crippen LogP contribution in [0.4, 0.5) is 4.79 Å². The Morgan fingerprint density at radius 3 is 2.52 bits per heavy atom. The van der Waals surface area contributed by atoms with E-state index in [0.717, 1.165) is 0 Å². The summed E-state index contributed by atoms with van der Waals surface area (Å²) in [6.45, 7) is 5.19. The van der Waals surface area contributed by atoms with Gasteiger partial charge in [0, 0.05) is 6.42 Å². The molecule has 1 rings (SSSR count). The van der Waals surface area contributed by atoms with Crippen LogP contribution in [-0.2, 0) is 20.7 Å². The van der Waals surface area contributed by atoms with Gasteiger partial charge in [-0.3, -0.25) is 0 Å². The van der Waals surface area contributed by atoms with Crippen molar-refractivity contribution in [3.63, 3.8) is 0 Å². The van der Waals surface area contributed by atoms with Gasteiger partial charge in [0.2, 0.25) is 0 Å². The van der Waals surface area contributed by atoms with Crippen molar-refractivity contribution < 1.29 is 24.2 Å². The average molecular weight is 295 g/mol. The van der Waals surface area contributed by atoms with Crippen molar-refractivity contribution in [3.05, 3.63) is 29.8 Å². The van der Waals surface area contributed by atoms with Crippen LogP contribution in [0.15, 0.2) is 24.3 Å². The maximum absolute atomic E-state index is 11.8. The molecule has 1 unspecified atom stereocenters. The van der Waals surface area contributed by atoms with Crippen LogP contribution in [0.25, 0.3) is 0 Å². The number of hydrogen-bond acceptors (Lipinski definition) is 5. The molecule has 1 atom stereocenters. The monoisotopic (exact) mass is 295 g/mol. The molecule has 0 aliphatic heterocycles. The third-order valence-corrected chi connectivity index (χ3v) is 2.53. The number of phenolic OH excluding ortho intramolecular Hbond substituents is 1. The first-order valence-electron chi connectivity index (χ1n) is 6.56. The maximum Gasteiger partial charge on any atom is 0.408 e. The molecule has 0 aromatic heterocycles. The van der Waals surface area contributed by atoms with E-state index in [-0.39, 0.29) is 12.2 Å². The first-order valence-corrected chi connectivity index (χ1v) is 6.56. The first-order chi connectivity index (χ1) is 9.71. The van der Waals surface area contributed by atoms with Gasteiger partial charge in [0.15, 0.2) is 0 Å². The molecule has 0 saturated heterocycles. The number of hydrogen-bond donors (Lipinski definition) is 2. The van der Waals surface area contributed by atoms with Crippen LogP contribution in [0.1, 0.15) is 26.3 Å². The van der Waals surface area contributed by atoms with Crippen molar-refractivity contribution in [2.75, 3.05) is 7.11 Å². The fraction of sp³-hybridized carbons (Fsp3) is 0.467. The molecular weight excluding hydrogens is 274 g/mol. The molecule has 21 heavy (non-hydrogen) atoms. The van der Waals surface area contributed by atoms with E-state index in [1.165, 1.54) is 19.2 Å². The van der Waals surface area contributed by atoms with Crippen LogP contribution in [-0.4, -0.2) is 35.9 Å². The molecular formula is C15H21NO5. The lowest BCUT2D eigenvalue weighted by atomic mass is 10.1. The fourth-order valence-electron chi connectivity index (χ4n) is 1.70. The highest BCUT2D eigenvalue weighted by molar-refractivity contribution is 5.81. The quantitative estimate of drug-likeness (QED) is 0.830. The second kappa shape index (κ2) is 6.97. The molecule has 1 amide bonds. The largest absolute Gasteiger partial charge is 0.508 e. The number of aromatic hydroxyl groups is 1. The molecule has 0 bridgehead atoms. The lowest BCUT2D eigenvalue weighted by Gasteiger charge is -2.22. The van der Waals surface area contributed by atoms with Crippen molar-refractivity contribution in [1.29, 1.82) is 0 Å². The number of benzene rings is 1. The Labute approximate surface area is 124 Å². The lowest BCUT2D eigenvalue weighted by Crippen LogP contribution is -2.45. The Morgan fingerprint density at radius 2 is 2.00 bits per heavy atom. The van der Waals surface area contributed by atoms with Crippen molar-refractivity contribution in [2.24, 2.45) is 0 Å². The minimum atomic E-state index is -0.883. The van der Waals surface area contributed by atoms with E-state index in [1.807, 2.05) is 0 Å². The third-order valence-electron chi connectivity index (χ3n) is 2.53. The number of carbonyl (C=O) groups is 2. The summed E-state index contributed by atoms with van der Waals surface area (Å²) < 4.78 is 9.79. The third kappa shape index (κ3) is 6.16. The van der Waals surface area contributed by atoms with E-state index in [0.29, 0.717) is 5.56 Å². The van der Waals surface area contributed by atoms with Gasteiger partial charge >= 0.3 is 12.1 Å². The summed E-state index contributed by atoms with van der Waals surface area (Å²) >= 11 is 0. The van der Waals surface area contributed by atoms with Crippen LogP contribution < -0.4 is 5.32 Å². The van der Waals surface area contributed by atoms with Gasteiger partial charge in [-0.05, 0) is 38.5 Å². The zero-order valence-electron chi connectivity index (χ0n) is 12.7. The average Bonchev–Trinajstić information content (AvgIpc) is 2.34. The van der Waals surface area contributed by atoms with E-state index in [4.69, 9.17) is 4.74 Å². The zero-order chi connectivity index (χ0) is 16.0. The Kier molecular flexibility index (Phi) is 5.58. The Hall–Kier alpha value is -2.24. The molecule has 6 heteroatoms.